The summed E-state index contributed by atoms with van der Waals surface area (Å²) in [6, 6.07) is 9.16. The maximum absolute atomic E-state index is 12.2. The molecule has 0 aromatic heterocycles. The van der Waals surface area contributed by atoms with Crippen LogP contribution in [0.15, 0.2) is 24.3 Å². The third-order valence-electron chi connectivity index (χ3n) is 3.02. The topological polar surface area (TPSA) is 61.2 Å². The predicted octanol–water partition coefficient (Wildman–Crippen LogP) is 2.73. The zero-order chi connectivity index (χ0) is 15.0. The van der Waals surface area contributed by atoms with Gasteiger partial charge in [0.2, 0.25) is 10.0 Å². The first-order valence-corrected chi connectivity index (χ1v) is 8.71. The van der Waals surface area contributed by atoms with E-state index in [1.165, 1.54) is 4.31 Å². The number of rotatable bonds is 8. The van der Waals surface area contributed by atoms with Gasteiger partial charge in [-0.05, 0) is 24.5 Å². The second kappa shape index (κ2) is 8.25. The van der Waals surface area contributed by atoms with Crippen molar-refractivity contribution >= 4 is 21.6 Å². The highest BCUT2D eigenvalue weighted by Gasteiger charge is 2.21. The van der Waals surface area contributed by atoms with Gasteiger partial charge < -0.3 is 0 Å². The van der Waals surface area contributed by atoms with Crippen molar-refractivity contribution in [1.82, 2.24) is 4.31 Å². The van der Waals surface area contributed by atoms with Crippen LogP contribution in [-0.2, 0) is 16.6 Å². The molecule has 0 atom stereocenters. The van der Waals surface area contributed by atoms with Gasteiger partial charge in [-0.15, -0.1) is 11.6 Å². The quantitative estimate of drug-likeness (QED) is 0.547. The van der Waals surface area contributed by atoms with E-state index in [9.17, 15) is 8.42 Å². The summed E-state index contributed by atoms with van der Waals surface area (Å²) in [4.78, 5) is 0. The van der Waals surface area contributed by atoms with Crippen LogP contribution in [0, 0.1) is 11.3 Å². The zero-order valence-electron chi connectivity index (χ0n) is 11.5. The van der Waals surface area contributed by atoms with Gasteiger partial charge in [0.05, 0.1) is 17.4 Å². The van der Waals surface area contributed by atoms with Gasteiger partial charge in [-0.25, -0.2) is 8.42 Å². The molecule has 0 unspecified atom stereocenters. The molecular formula is C14H19ClN2O2S. The average Bonchev–Trinajstić information content (AvgIpc) is 2.45. The van der Waals surface area contributed by atoms with Crippen LogP contribution in [0.2, 0.25) is 0 Å². The van der Waals surface area contributed by atoms with E-state index in [-0.39, 0.29) is 12.3 Å². The summed E-state index contributed by atoms with van der Waals surface area (Å²) in [5.74, 6) is 0.571. The van der Waals surface area contributed by atoms with Crippen LogP contribution in [0.4, 0.5) is 0 Å². The fraction of sp³-hybridized carbons (Fsp3) is 0.500. The number of benzene rings is 1. The molecule has 0 saturated carbocycles. The smallest absolute Gasteiger partial charge is 0.212 e. The molecule has 6 heteroatoms. The van der Waals surface area contributed by atoms with Crippen molar-refractivity contribution in [3.63, 3.8) is 0 Å². The Labute approximate surface area is 126 Å². The molecule has 0 heterocycles. The number of hydrogen-bond donors (Lipinski definition) is 0. The Balaban J connectivity index is 2.84. The molecule has 0 radical (unpaired) electrons. The maximum Gasteiger partial charge on any atom is 0.214 e. The summed E-state index contributed by atoms with van der Waals surface area (Å²) in [5.41, 5.74) is 1.25. The van der Waals surface area contributed by atoms with E-state index in [0.717, 1.165) is 5.56 Å². The molecule has 0 fully saturated rings. The lowest BCUT2D eigenvalue weighted by atomic mass is 10.1. The molecule has 0 saturated heterocycles. The van der Waals surface area contributed by atoms with E-state index in [1.807, 2.05) is 6.07 Å². The molecule has 0 bridgehead atoms. The first kappa shape index (κ1) is 17.0. The molecule has 0 aliphatic heterocycles. The Hall–Kier alpha value is -1.09. The Kier molecular flexibility index (Phi) is 7.00. The van der Waals surface area contributed by atoms with E-state index >= 15 is 0 Å². The van der Waals surface area contributed by atoms with Gasteiger partial charge in [-0.3, -0.25) is 0 Å². The first-order valence-electron chi connectivity index (χ1n) is 6.57. The van der Waals surface area contributed by atoms with Crippen LogP contribution in [0.25, 0.3) is 0 Å². The minimum Gasteiger partial charge on any atom is -0.212 e. The van der Waals surface area contributed by atoms with Gasteiger partial charge in [-0.1, -0.05) is 25.1 Å². The average molecular weight is 315 g/mol. The predicted molar refractivity (Wildman–Crippen MR) is 81.0 cm³/mol. The molecule has 110 valence electrons. The monoisotopic (exact) mass is 314 g/mol. The highest BCUT2D eigenvalue weighted by Crippen LogP contribution is 2.14. The van der Waals surface area contributed by atoms with E-state index in [2.05, 4.69) is 6.07 Å². The lowest BCUT2D eigenvalue weighted by Crippen LogP contribution is -2.32. The van der Waals surface area contributed by atoms with E-state index < -0.39 is 10.0 Å². The molecule has 0 amide bonds. The second-order valence-corrected chi connectivity index (χ2v) is 6.87. The molecule has 0 spiro atoms. The summed E-state index contributed by atoms with van der Waals surface area (Å²) in [5, 5.41) is 9.05. The molecule has 0 aliphatic rings. The van der Waals surface area contributed by atoms with Crippen LogP contribution < -0.4 is 0 Å². The molecule has 0 N–H and O–H groups in total. The van der Waals surface area contributed by atoms with Crippen molar-refractivity contribution in [3.05, 3.63) is 35.4 Å². The van der Waals surface area contributed by atoms with E-state index in [4.69, 9.17) is 16.9 Å². The molecular weight excluding hydrogens is 296 g/mol. The van der Waals surface area contributed by atoms with Gasteiger partial charge in [0.15, 0.2) is 0 Å². The van der Waals surface area contributed by atoms with Crippen LogP contribution >= 0.6 is 11.6 Å². The van der Waals surface area contributed by atoms with Crippen molar-refractivity contribution in [2.75, 3.05) is 18.2 Å². The Morgan fingerprint density at radius 3 is 2.60 bits per heavy atom. The zero-order valence-corrected chi connectivity index (χ0v) is 13.1. The number of halogens is 1. The van der Waals surface area contributed by atoms with Crippen molar-refractivity contribution in [1.29, 1.82) is 5.26 Å². The SMILES string of the molecule is CCN(Cc1ccccc1C#N)S(=O)(=O)CCCCCl. The normalized spacial score (nSPS) is 11.5. The molecule has 1 rings (SSSR count). The minimum atomic E-state index is -3.30. The third kappa shape index (κ3) is 4.78. The van der Waals surface area contributed by atoms with E-state index in [0.29, 0.717) is 30.8 Å². The molecule has 20 heavy (non-hydrogen) atoms. The number of nitrogens with zero attached hydrogens (tertiary/aromatic N) is 2. The number of hydrogen-bond acceptors (Lipinski definition) is 3. The molecule has 0 aliphatic carbocycles. The van der Waals surface area contributed by atoms with Crippen molar-refractivity contribution in [2.45, 2.75) is 26.3 Å². The fourth-order valence-corrected chi connectivity index (χ4v) is 3.62. The maximum atomic E-state index is 12.2. The minimum absolute atomic E-state index is 0.0995. The Morgan fingerprint density at radius 1 is 1.30 bits per heavy atom. The van der Waals surface area contributed by atoms with Crippen LogP contribution in [0.5, 0.6) is 0 Å². The highest BCUT2D eigenvalue weighted by atomic mass is 35.5. The van der Waals surface area contributed by atoms with Gasteiger partial charge in [-0.2, -0.15) is 9.57 Å². The van der Waals surface area contributed by atoms with E-state index in [1.54, 1.807) is 25.1 Å². The summed E-state index contributed by atoms with van der Waals surface area (Å²) >= 11 is 5.57. The Morgan fingerprint density at radius 2 is 2.00 bits per heavy atom. The number of nitriles is 1. The second-order valence-electron chi connectivity index (χ2n) is 4.41. The standard InChI is InChI=1S/C14H19ClN2O2S/c1-2-17(20(18,19)10-6-5-9-15)12-14-8-4-3-7-13(14)11-16/h3-4,7-8H,2,5-6,9-10,12H2,1H3. The van der Waals surface area contributed by atoms with Crippen molar-refractivity contribution in [3.8, 4) is 6.07 Å². The number of sulfonamides is 1. The molecule has 1 aromatic rings. The third-order valence-corrected chi connectivity index (χ3v) is 5.26. The highest BCUT2D eigenvalue weighted by molar-refractivity contribution is 7.89. The van der Waals surface area contributed by atoms with Gasteiger partial charge in [0, 0.05) is 19.0 Å². The largest absolute Gasteiger partial charge is 0.214 e. The van der Waals surface area contributed by atoms with Crippen LogP contribution in [0.1, 0.15) is 30.9 Å². The van der Waals surface area contributed by atoms with Gasteiger partial charge in [0.1, 0.15) is 0 Å². The fourth-order valence-electron chi connectivity index (χ4n) is 1.87. The first-order chi connectivity index (χ1) is 9.55. The van der Waals surface area contributed by atoms with Crippen LogP contribution in [0.3, 0.4) is 0 Å². The summed E-state index contributed by atoms with van der Waals surface area (Å²) in [7, 11) is -3.30. The Bertz CT molecular complexity index is 567. The van der Waals surface area contributed by atoms with Crippen LogP contribution in [-0.4, -0.2) is 30.9 Å². The van der Waals surface area contributed by atoms with Crippen molar-refractivity contribution in [2.24, 2.45) is 0 Å². The van der Waals surface area contributed by atoms with Gasteiger partial charge in [0.25, 0.3) is 0 Å². The lowest BCUT2D eigenvalue weighted by Gasteiger charge is -2.21. The summed E-state index contributed by atoms with van der Waals surface area (Å²) in [6.45, 7) is 2.43. The lowest BCUT2D eigenvalue weighted by molar-refractivity contribution is 0.422. The number of alkyl halides is 1. The van der Waals surface area contributed by atoms with Gasteiger partial charge >= 0.3 is 0 Å². The summed E-state index contributed by atoms with van der Waals surface area (Å²) < 4.78 is 25.9. The molecule has 4 nitrogen and oxygen atoms in total. The molecule has 1 aromatic carbocycles. The number of unbranched alkanes of at least 4 members (excludes halogenated alkanes) is 1. The van der Waals surface area contributed by atoms with Crippen molar-refractivity contribution < 1.29 is 8.42 Å². The summed E-state index contributed by atoms with van der Waals surface area (Å²) in [6.07, 6.45) is 1.25.